The quantitative estimate of drug-likeness (QED) is 0.373. The van der Waals surface area contributed by atoms with Crippen molar-refractivity contribution in [3.05, 3.63) is 60.7 Å². The first-order chi connectivity index (χ1) is 16.3. The smallest absolute Gasteiger partial charge is 0.261 e. The van der Waals surface area contributed by atoms with E-state index in [1.807, 2.05) is 0 Å². The number of hydrogen-bond acceptors (Lipinski definition) is 4. The molecule has 0 N–H and O–H groups in total. The van der Waals surface area contributed by atoms with E-state index in [9.17, 15) is 0 Å². The second-order valence-corrected chi connectivity index (χ2v) is 18.1. The lowest BCUT2D eigenvalue weighted by atomic mass is 9.90. The molecule has 0 amide bonds. The van der Waals surface area contributed by atoms with Gasteiger partial charge in [-0.15, -0.1) is 23.5 Å². The van der Waals surface area contributed by atoms with Crippen LogP contribution in [0.15, 0.2) is 60.7 Å². The number of hydrogen-bond donors (Lipinski definition) is 0. The zero-order valence-corrected chi connectivity index (χ0v) is 24.2. The van der Waals surface area contributed by atoms with Crippen LogP contribution in [-0.4, -0.2) is 36.8 Å². The molecule has 2 aliphatic heterocycles. The van der Waals surface area contributed by atoms with Crippen LogP contribution in [0.1, 0.15) is 60.3 Å². The summed E-state index contributed by atoms with van der Waals surface area (Å²) in [6.07, 6.45) is 5.05. The molecule has 186 valence electrons. The topological polar surface area (TPSA) is 18.5 Å². The minimum Gasteiger partial charge on any atom is -0.407 e. The summed E-state index contributed by atoms with van der Waals surface area (Å²) >= 11 is 4.11. The van der Waals surface area contributed by atoms with Crippen LogP contribution in [0, 0.1) is 11.8 Å². The van der Waals surface area contributed by atoms with Gasteiger partial charge in [0.15, 0.2) is 4.27 Å². The zero-order valence-electron chi connectivity index (χ0n) is 21.6. The van der Waals surface area contributed by atoms with E-state index in [0.29, 0.717) is 11.8 Å². The van der Waals surface area contributed by atoms with Gasteiger partial charge in [-0.25, -0.2) is 0 Å². The molecule has 2 fully saturated rings. The fourth-order valence-corrected chi connectivity index (χ4v) is 13.6. The van der Waals surface area contributed by atoms with E-state index in [2.05, 4.69) is 119 Å². The van der Waals surface area contributed by atoms with E-state index < -0.39 is 8.32 Å². The molecule has 2 nitrogen and oxygen atoms in total. The van der Waals surface area contributed by atoms with Gasteiger partial charge < -0.3 is 9.16 Å². The minimum absolute atomic E-state index is 0.00618. The lowest BCUT2D eigenvalue weighted by molar-refractivity contribution is -0.0874. The summed E-state index contributed by atoms with van der Waals surface area (Å²) in [6.45, 7) is 12.6. The molecule has 0 unspecified atom stereocenters. The Morgan fingerprint density at radius 1 is 0.971 bits per heavy atom. The highest BCUT2D eigenvalue weighted by molar-refractivity contribution is 8.18. The molecule has 3 atom stereocenters. The summed E-state index contributed by atoms with van der Waals surface area (Å²) < 4.78 is 14.3. The summed E-state index contributed by atoms with van der Waals surface area (Å²) in [5, 5.41) is 2.72. The molecule has 0 radical (unpaired) electrons. The Bertz CT molecular complexity index is 854. The van der Waals surface area contributed by atoms with Crippen LogP contribution >= 0.6 is 23.5 Å². The van der Waals surface area contributed by atoms with Crippen molar-refractivity contribution < 1.29 is 9.16 Å². The Morgan fingerprint density at radius 2 is 1.53 bits per heavy atom. The van der Waals surface area contributed by atoms with Gasteiger partial charge in [0.05, 0.1) is 6.10 Å². The molecule has 5 heteroatoms. The molecule has 2 aromatic carbocycles. The zero-order chi connectivity index (χ0) is 24.2. The predicted octanol–water partition coefficient (Wildman–Crippen LogP) is 6.93. The molecule has 34 heavy (non-hydrogen) atoms. The van der Waals surface area contributed by atoms with Crippen molar-refractivity contribution in [2.24, 2.45) is 11.8 Å². The van der Waals surface area contributed by atoms with Crippen molar-refractivity contribution in [3.63, 3.8) is 0 Å². The first-order valence-electron chi connectivity index (χ1n) is 13.0. The third kappa shape index (κ3) is 5.20. The molecule has 0 aromatic heterocycles. The first kappa shape index (κ1) is 26.3. The van der Waals surface area contributed by atoms with Gasteiger partial charge in [-0.05, 0) is 52.6 Å². The van der Waals surface area contributed by atoms with E-state index >= 15 is 0 Å². The first-order valence-corrected chi connectivity index (χ1v) is 16.9. The fourth-order valence-electron chi connectivity index (χ4n) is 5.67. The molecule has 2 heterocycles. The van der Waals surface area contributed by atoms with Crippen molar-refractivity contribution in [3.8, 4) is 0 Å². The molecule has 0 aliphatic carbocycles. The van der Waals surface area contributed by atoms with Crippen molar-refractivity contribution >= 4 is 42.2 Å². The predicted molar refractivity (Wildman–Crippen MR) is 153 cm³/mol. The Kier molecular flexibility index (Phi) is 8.62. The van der Waals surface area contributed by atoms with Crippen molar-refractivity contribution in [1.29, 1.82) is 0 Å². The van der Waals surface area contributed by atoms with Gasteiger partial charge >= 0.3 is 0 Å². The highest BCUT2D eigenvalue weighted by Crippen LogP contribution is 2.54. The van der Waals surface area contributed by atoms with Crippen LogP contribution in [-0.2, 0) is 9.16 Å². The normalized spacial score (nSPS) is 24.1. The Morgan fingerprint density at radius 3 is 2.03 bits per heavy atom. The van der Waals surface area contributed by atoms with E-state index in [1.165, 1.54) is 34.7 Å². The van der Waals surface area contributed by atoms with Crippen molar-refractivity contribution in [1.82, 2.24) is 0 Å². The van der Waals surface area contributed by atoms with E-state index in [1.54, 1.807) is 0 Å². The molecule has 0 bridgehead atoms. The summed E-state index contributed by atoms with van der Waals surface area (Å²) in [7, 11) is -2.52. The van der Waals surface area contributed by atoms with Crippen molar-refractivity contribution in [2.75, 3.05) is 18.1 Å². The van der Waals surface area contributed by atoms with Crippen LogP contribution in [0.5, 0.6) is 0 Å². The summed E-state index contributed by atoms with van der Waals surface area (Å²) in [5.41, 5.74) is 0. The Hall–Kier alpha value is -0.723. The van der Waals surface area contributed by atoms with Gasteiger partial charge in [0.2, 0.25) is 0 Å². The minimum atomic E-state index is -2.52. The van der Waals surface area contributed by atoms with E-state index in [-0.39, 0.29) is 15.4 Å². The van der Waals surface area contributed by atoms with Crippen LogP contribution in [0.25, 0.3) is 0 Å². The number of thioether (sulfide) groups is 2. The van der Waals surface area contributed by atoms with Gasteiger partial charge in [0.1, 0.15) is 0 Å². The maximum absolute atomic E-state index is 7.32. The molecule has 2 aromatic rings. The van der Waals surface area contributed by atoms with Crippen LogP contribution in [0.3, 0.4) is 0 Å². The summed E-state index contributed by atoms with van der Waals surface area (Å²) in [4.78, 5) is 0. The largest absolute Gasteiger partial charge is 0.407 e. The van der Waals surface area contributed by atoms with E-state index in [4.69, 9.17) is 9.16 Å². The number of benzene rings is 2. The maximum Gasteiger partial charge on any atom is 0.261 e. The second-order valence-electron chi connectivity index (χ2n) is 10.9. The molecule has 1 spiro atoms. The van der Waals surface area contributed by atoms with Gasteiger partial charge in [0, 0.05) is 18.4 Å². The SMILES string of the molecule is CC[C@@H](CO[Si](c1ccccc1)(c1ccccc1)C(C)(C)C)[C@H]1CC[C@H](C)C2(O1)SCCCS2. The second kappa shape index (κ2) is 11.1. The summed E-state index contributed by atoms with van der Waals surface area (Å²) in [6, 6.07) is 22.0. The number of rotatable bonds is 7. The average Bonchev–Trinajstić information content (AvgIpc) is 2.85. The van der Waals surface area contributed by atoms with Crippen LogP contribution in [0.2, 0.25) is 5.04 Å². The lowest BCUT2D eigenvalue weighted by Gasteiger charge is -2.49. The molecule has 2 saturated heterocycles. The van der Waals surface area contributed by atoms with Gasteiger partial charge in [-0.2, -0.15) is 0 Å². The molecular formula is C29H42O2S2Si. The monoisotopic (exact) mass is 514 g/mol. The standard InChI is InChI=1S/C29H42O2S2Si/c1-6-24(27-19-18-23(2)29(31-27)32-20-13-21-33-29)22-30-34(28(3,4)5,25-14-9-7-10-15-25)26-16-11-8-12-17-26/h7-12,14-17,23-24,27H,6,13,18-22H2,1-5H3/t23-,24-,27+/m0/s1. The van der Waals surface area contributed by atoms with E-state index in [0.717, 1.165) is 19.4 Å². The molecule has 4 rings (SSSR count). The fraction of sp³-hybridized carbons (Fsp3) is 0.586. The Labute approximate surface area is 217 Å². The van der Waals surface area contributed by atoms with Crippen LogP contribution < -0.4 is 10.4 Å². The number of ether oxygens (including phenoxy) is 1. The van der Waals surface area contributed by atoms with Crippen LogP contribution in [0.4, 0.5) is 0 Å². The highest BCUT2D eigenvalue weighted by atomic mass is 32.2. The molecule has 2 aliphatic rings. The molecule has 0 saturated carbocycles. The van der Waals surface area contributed by atoms with Gasteiger partial charge in [0.25, 0.3) is 8.32 Å². The average molecular weight is 515 g/mol. The maximum atomic E-state index is 7.32. The molecular weight excluding hydrogens is 473 g/mol. The summed E-state index contributed by atoms with van der Waals surface area (Å²) in [5.74, 6) is 3.46. The van der Waals surface area contributed by atoms with Gasteiger partial charge in [-0.3, -0.25) is 0 Å². The van der Waals surface area contributed by atoms with Gasteiger partial charge in [-0.1, -0.05) is 95.3 Å². The Balaban J connectivity index is 1.63. The third-order valence-electron chi connectivity index (χ3n) is 7.68. The lowest BCUT2D eigenvalue weighted by Crippen LogP contribution is -2.67. The highest BCUT2D eigenvalue weighted by Gasteiger charge is 2.51. The third-order valence-corrected chi connectivity index (χ3v) is 16.2. The van der Waals surface area contributed by atoms with Crippen molar-refractivity contribution in [2.45, 2.75) is 75.7 Å².